The Morgan fingerprint density at radius 2 is 1.88 bits per heavy atom. The molecule has 2 unspecified atom stereocenters. The summed E-state index contributed by atoms with van der Waals surface area (Å²) in [5.74, 6) is 0. The van der Waals surface area contributed by atoms with Crippen LogP contribution in [0.2, 0.25) is 0 Å². The van der Waals surface area contributed by atoms with Gasteiger partial charge in [-0.05, 0) is 45.1 Å². The zero-order valence-corrected chi connectivity index (χ0v) is 10.5. The van der Waals surface area contributed by atoms with Crippen LogP contribution in [0.25, 0.3) is 0 Å². The maximum Gasteiger partial charge on any atom is 0.0905 e. The molecule has 2 nitrogen and oxygen atoms in total. The lowest BCUT2D eigenvalue weighted by molar-refractivity contribution is -0.116. The first-order valence-electron chi connectivity index (χ1n) is 6.67. The van der Waals surface area contributed by atoms with E-state index in [0.29, 0.717) is 0 Å². The summed E-state index contributed by atoms with van der Waals surface area (Å²) in [6, 6.07) is 0. The Balaban J connectivity index is 2.12. The summed E-state index contributed by atoms with van der Waals surface area (Å²) < 4.78 is 5.72. The predicted octanol–water partition coefficient (Wildman–Crippen LogP) is 3.20. The van der Waals surface area contributed by atoms with Crippen molar-refractivity contribution in [3.05, 3.63) is 11.6 Å². The zero-order chi connectivity index (χ0) is 11.6. The van der Waals surface area contributed by atoms with E-state index in [1.165, 1.54) is 24.8 Å². The highest BCUT2D eigenvalue weighted by Gasteiger charge is 2.39. The highest BCUT2D eigenvalue weighted by atomic mass is 16.5. The van der Waals surface area contributed by atoms with E-state index < -0.39 is 5.60 Å². The molecule has 2 atom stereocenters. The molecule has 0 amide bonds. The largest absolute Gasteiger partial charge is 0.385 e. The Labute approximate surface area is 98.7 Å². The average Bonchev–Trinajstić information content (AvgIpc) is 2.43. The summed E-state index contributed by atoms with van der Waals surface area (Å²) in [4.78, 5) is 0. The number of hydrogen-bond acceptors (Lipinski definition) is 2. The molecule has 0 saturated carbocycles. The Kier molecular flexibility index (Phi) is 3.70. The van der Waals surface area contributed by atoms with Crippen LogP contribution in [-0.4, -0.2) is 22.9 Å². The molecular formula is C14H24O2. The molecule has 0 aromatic carbocycles. The molecule has 0 aromatic rings. The summed E-state index contributed by atoms with van der Waals surface area (Å²) in [6.07, 6.45) is 10.2. The first-order chi connectivity index (χ1) is 7.60. The highest BCUT2D eigenvalue weighted by Crippen LogP contribution is 2.38. The molecule has 0 radical (unpaired) electrons. The first kappa shape index (κ1) is 12.1. The highest BCUT2D eigenvalue weighted by molar-refractivity contribution is 5.19. The van der Waals surface area contributed by atoms with Crippen molar-refractivity contribution in [3.63, 3.8) is 0 Å². The molecule has 92 valence electrons. The molecule has 1 heterocycles. The lowest BCUT2D eigenvalue weighted by Gasteiger charge is -2.41. The van der Waals surface area contributed by atoms with Gasteiger partial charge in [0.1, 0.15) is 0 Å². The van der Waals surface area contributed by atoms with E-state index in [9.17, 15) is 5.11 Å². The van der Waals surface area contributed by atoms with Gasteiger partial charge in [-0.1, -0.05) is 12.5 Å². The quantitative estimate of drug-likeness (QED) is 0.693. The van der Waals surface area contributed by atoms with Crippen molar-refractivity contribution < 1.29 is 9.84 Å². The van der Waals surface area contributed by atoms with Crippen molar-refractivity contribution in [2.45, 2.75) is 76.6 Å². The summed E-state index contributed by atoms with van der Waals surface area (Å²) in [5.41, 5.74) is 0.702. The number of aliphatic hydroxyl groups is 1. The molecule has 0 bridgehead atoms. The Hall–Kier alpha value is -0.340. The van der Waals surface area contributed by atoms with Gasteiger partial charge in [-0.2, -0.15) is 0 Å². The second-order valence-corrected chi connectivity index (χ2v) is 5.53. The van der Waals surface area contributed by atoms with Gasteiger partial charge in [-0.3, -0.25) is 0 Å². The molecule has 2 rings (SSSR count). The van der Waals surface area contributed by atoms with Crippen molar-refractivity contribution in [2.24, 2.45) is 0 Å². The molecule has 2 heteroatoms. The van der Waals surface area contributed by atoms with Crippen LogP contribution < -0.4 is 0 Å². The van der Waals surface area contributed by atoms with E-state index in [1.54, 1.807) is 0 Å². The molecule has 1 saturated heterocycles. The van der Waals surface area contributed by atoms with Crippen LogP contribution in [-0.2, 0) is 4.74 Å². The van der Waals surface area contributed by atoms with Crippen LogP contribution >= 0.6 is 0 Å². The van der Waals surface area contributed by atoms with E-state index >= 15 is 0 Å². The van der Waals surface area contributed by atoms with E-state index in [2.05, 4.69) is 19.9 Å². The zero-order valence-electron chi connectivity index (χ0n) is 10.5. The number of rotatable bonds is 1. The smallest absolute Gasteiger partial charge is 0.0905 e. The van der Waals surface area contributed by atoms with Gasteiger partial charge < -0.3 is 9.84 Å². The maximum atomic E-state index is 10.8. The first-order valence-corrected chi connectivity index (χ1v) is 6.67. The normalized spacial score (nSPS) is 41.3. The van der Waals surface area contributed by atoms with Gasteiger partial charge in [0.15, 0.2) is 0 Å². The Morgan fingerprint density at radius 3 is 2.56 bits per heavy atom. The third kappa shape index (κ3) is 2.67. The van der Waals surface area contributed by atoms with Crippen LogP contribution in [0.4, 0.5) is 0 Å². The summed E-state index contributed by atoms with van der Waals surface area (Å²) in [6.45, 7) is 4.13. The minimum Gasteiger partial charge on any atom is -0.385 e. The van der Waals surface area contributed by atoms with Gasteiger partial charge in [-0.15, -0.1) is 0 Å². The molecule has 2 aliphatic rings. The molecule has 1 aliphatic heterocycles. The van der Waals surface area contributed by atoms with Crippen molar-refractivity contribution in [3.8, 4) is 0 Å². The second kappa shape index (κ2) is 4.89. The van der Waals surface area contributed by atoms with Crippen molar-refractivity contribution in [1.82, 2.24) is 0 Å². The fourth-order valence-corrected chi connectivity index (χ4v) is 3.23. The monoisotopic (exact) mass is 224 g/mol. The molecule has 16 heavy (non-hydrogen) atoms. The number of allylic oxidation sites excluding steroid dienone is 1. The van der Waals surface area contributed by atoms with Gasteiger partial charge in [0.25, 0.3) is 0 Å². The van der Waals surface area contributed by atoms with Crippen LogP contribution in [0.5, 0.6) is 0 Å². The predicted molar refractivity (Wildman–Crippen MR) is 65.4 cm³/mol. The molecule has 1 fully saturated rings. The third-order valence-corrected chi connectivity index (χ3v) is 3.85. The van der Waals surface area contributed by atoms with Crippen molar-refractivity contribution in [1.29, 1.82) is 0 Å². The third-order valence-electron chi connectivity index (χ3n) is 3.85. The summed E-state index contributed by atoms with van der Waals surface area (Å²) in [7, 11) is 0. The summed E-state index contributed by atoms with van der Waals surface area (Å²) in [5, 5.41) is 10.8. The van der Waals surface area contributed by atoms with Gasteiger partial charge >= 0.3 is 0 Å². The van der Waals surface area contributed by atoms with Crippen LogP contribution in [0.15, 0.2) is 11.6 Å². The van der Waals surface area contributed by atoms with Crippen molar-refractivity contribution >= 4 is 0 Å². The standard InChI is InChI=1S/C14H24O2/c1-11-9-14(15,10-12(2)16-11)13-7-5-3-4-6-8-13/h7,11-12,15H,3-6,8-10H2,1-2H3. The fourth-order valence-electron chi connectivity index (χ4n) is 3.23. The van der Waals surface area contributed by atoms with E-state index in [-0.39, 0.29) is 12.2 Å². The molecular weight excluding hydrogens is 200 g/mol. The minimum atomic E-state index is -0.582. The minimum absolute atomic E-state index is 0.179. The Morgan fingerprint density at radius 1 is 1.19 bits per heavy atom. The van der Waals surface area contributed by atoms with Crippen LogP contribution in [0.1, 0.15) is 58.8 Å². The van der Waals surface area contributed by atoms with Crippen LogP contribution in [0.3, 0.4) is 0 Å². The average molecular weight is 224 g/mol. The molecule has 1 N–H and O–H groups in total. The van der Waals surface area contributed by atoms with E-state index in [4.69, 9.17) is 4.74 Å². The van der Waals surface area contributed by atoms with Crippen molar-refractivity contribution in [2.75, 3.05) is 0 Å². The Bertz CT molecular complexity index is 260. The second-order valence-electron chi connectivity index (χ2n) is 5.53. The van der Waals surface area contributed by atoms with Gasteiger partial charge in [0.2, 0.25) is 0 Å². The molecule has 0 aromatic heterocycles. The molecule has 1 aliphatic carbocycles. The van der Waals surface area contributed by atoms with Gasteiger partial charge in [-0.25, -0.2) is 0 Å². The van der Waals surface area contributed by atoms with E-state index in [0.717, 1.165) is 25.7 Å². The number of ether oxygens (including phenoxy) is 1. The molecule has 0 spiro atoms. The lowest BCUT2D eigenvalue weighted by Crippen LogP contribution is -2.44. The fraction of sp³-hybridized carbons (Fsp3) is 0.857. The lowest BCUT2D eigenvalue weighted by atomic mass is 9.79. The van der Waals surface area contributed by atoms with Gasteiger partial charge in [0.05, 0.1) is 17.8 Å². The maximum absolute atomic E-state index is 10.8. The summed E-state index contributed by atoms with van der Waals surface area (Å²) >= 11 is 0. The topological polar surface area (TPSA) is 29.5 Å². The van der Waals surface area contributed by atoms with Crippen LogP contribution in [0, 0.1) is 0 Å². The SMILES string of the molecule is CC1CC(O)(C2=CCCCCC2)CC(C)O1. The van der Waals surface area contributed by atoms with Gasteiger partial charge in [0, 0.05) is 12.8 Å². The van der Waals surface area contributed by atoms with E-state index in [1.807, 2.05) is 0 Å². The number of hydrogen-bond donors (Lipinski definition) is 1.